The summed E-state index contributed by atoms with van der Waals surface area (Å²) < 4.78 is 2.03. The van der Waals surface area contributed by atoms with Gasteiger partial charge in [0.2, 0.25) is 5.91 Å². The van der Waals surface area contributed by atoms with Gasteiger partial charge in [0.15, 0.2) is 0 Å². The van der Waals surface area contributed by atoms with Crippen molar-refractivity contribution in [3.63, 3.8) is 0 Å². The normalized spacial score (nSPS) is 17.0. The molecule has 1 amide bonds. The zero-order valence-corrected chi connectivity index (χ0v) is 16.9. The van der Waals surface area contributed by atoms with Crippen molar-refractivity contribution in [2.24, 2.45) is 5.92 Å². The molecule has 1 unspecified atom stereocenters. The maximum Gasteiger partial charge on any atom is 0.224 e. The minimum absolute atomic E-state index is 0. The van der Waals surface area contributed by atoms with E-state index in [9.17, 15) is 4.79 Å². The topological polar surface area (TPSA) is 82.7 Å². The van der Waals surface area contributed by atoms with Crippen LogP contribution in [-0.2, 0) is 11.3 Å². The van der Waals surface area contributed by atoms with Gasteiger partial charge >= 0.3 is 0 Å². The Hall–Kier alpha value is -2.07. The van der Waals surface area contributed by atoms with Gasteiger partial charge in [-0.2, -0.15) is 5.26 Å². The SMILES string of the molecule is C[C@H](NC(=O)C1CCCNC1)c1cncn1Cc1ccc(C#N)cc1.Cl.Cl. The Morgan fingerprint density at radius 2 is 2.15 bits per heavy atom. The molecule has 6 nitrogen and oxygen atoms in total. The fraction of sp³-hybridized carbons (Fsp3) is 0.421. The van der Waals surface area contributed by atoms with Crippen molar-refractivity contribution in [1.82, 2.24) is 20.2 Å². The second-order valence-electron chi connectivity index (χ2n) is 6.53. The third-order valence-electron chi connectivity index (χ3n) is 4.65. The standard InChI is InChI=1S/C19H23N5O.2ClH/c1-14(23-19(25)17-3-2-8-21-10-17)18-11-22-13-24(18)12-16-6-4-15(9-20)5-7-16;;/h4-7,11,13-14,17,21H,2-3,8,10,12H2,1H3,(H,23,25);2*1H/t14-,17?;;/m0../s1. The smallest absolute Gasteiger partial charge is 0.224 e. The number of hydrogen-bond donors (Lipinski definition) is 2. The van der Waals surface area contributed by atoms with Gasteiger partial charge in [-0.1, -0.05) is 12.1 Å². The first-order valence-electron chi connectivity index (χ1n) is 8.67. The van der Waals surface area contributed by atoms with Crippen molar-refractivity contribution >= 4 is 30.7 Å². The third-order valence-corrected chi connectivity index (χ3v) is 4.65. The van der Waals surface area contributed by atoms with Gasteiger partial charge in [0.25, 0.3) is 0 Å². The minimum atomic E-state index is -0.102. The number of hydrogen-bond acceptors (Lipinski definition) is 4. The van der Waals surface area contributed by atoms with E-state index in [0.717, 1.165) is 37.2 Å². The first kappa shape index (κ1) is 23.0. The number of rotatable bonds is 5. The highest BCUT2D eigenvalue weighted by molar-refractivity contribution is 5.85. The van der Waals surface area contributed by atoms with Crippen LogP contribution in [0.5, 0.6) is 0 Å². The molecule has 2 N–H and O–H groups in total. The number of imidazole rings is 1. The number of benzene rings is 1. The highest BCUT2D eigenvalue weighted by Crippen LogP contribution is 2.17. The molecule has 1 fully saturated rings. The summed E-state index contributed by atoms with van der Waals surface area (Å²) in [4.78, 5) is 16.7. The van der Waals surface area contributed by atoms with E-state index >= 15 is 0 Å². The van der Waals surface area contributed by atoms with Crippen molar-refractivity contribution in [2.75, 3.05) is 13.1 Å². The molecular weight excluding hydrogens is 385 g/mol. The van der Waals surface area contributed by atoms with E-state index in [1.54, 1.807) is 12.5 Å². The van der Waals surface area contributed by atoms with E-state index in [-0.39, 0.29) is 42.7 Å². The number of carbonyl (C=O) groups excluding carboxylic acids is 1. The monoisotopic (exact) mass is 409 g/mol. The number of aromatic nitrogens is 2. The molecule has 0 saturated carbocycles. The zero-order valence-electron chi connectivity index (χ0n) is 15.2. The Balaban J connectivity index is 0.00000182. The van der Waals surface area contributed by atoms with Crippen molar-refractivity contribution in [1.29, 1.82) is 5.26 Å². The van der Waals surface area contributed by atoms with Crippen LogP contribution >= 0.6 is 24.8 Å². The quantitative estimate of drug-likeness (QED) is 0.794. The molecule has 0 radical (unpaired) electrons. The maximum atomic E-state index is 12.4. The number of carbonyl (C=O) groups is 1. The van der Waals surface area contributed by atoms with E-state index in [4.69, 9.17) is 5.26 Å². The van der Waals surface area contributed by atoms with Gasteiger partial charge in [-0.25, -0.2) is 4.98 Å². The molecule has 1 aromatic carbocycles. The maximum absolute atomic E-state index is 12.4. The number of halogens is 2. The van der Waals surface area contributed by atoms with E-state index in [1.807, 2.05) is 35.8 Å². The van der Waals surface area contributed by atoms with Crippen LogP contribution in [0, 0.1) is 17.2 Å². The summed E-state index contributed by atoms with van der Waals surface area (Å²) in [5.41, 5.74) is 2.71. The van der Waals surface area contributed by atoms with Gasteiger partial charge in [-0.3, -0.25) is 4.79 Å². The average molecular weight is 410 g/mol. The Morgan fingerprint density at radius 1 is 1.41 bits per heavy atom. The highest BCUT2D eigenvalue weighted by Gasteiger charge is 2.23. The lowest BCUT2D eigenvalue weighted by Gasteiger charge is -2.24. The van der Waals surface area contributed by atoms with E-state index in [2.05, 4.69) is 21.7 Å². The Morgan fingerprint density at radius 3 is 2.78 bits per heavy atom. The fourth-order valence-electron chi connectivity index (χ4n) is 3.19. The summed E-state index contributed by atoms with van der Waals surface area (Å²) in [5.74, 6) is 0.150. The predicted octanol–water partition coefficient (Wildman–Crippen LogP) is 2.82. The first-order valence-corrected chi connectivity index (χ1v) is 8.67. The second kappa shape index (κ2) is 10.9. The van der Waals surface area contributed by atoms with Crippen molar-refractivity contribution in [3.05, 3.63) is 53.6 Å². The van der Waals surface area contributed by atoms with Crippen molar-refractivity contribution in [2.45, 2.75) is 32.4 Å². The fourth-order valence-corrected chi connectivity index (χ4v) is 3.19. The van der Waals surface area contributed by atoms with Gasteiger partial charge in [-0.05, 0) is 44.0 Å². The molecule has 3 rings (SSSR count). The van der Waals surface area contributed by atoms with Gasteiger partial charge < -0.3 is 15.2 Å². The second-order valence-corrected chi connectivity index (χ2v) is 6.53. The molecule has 2 aromatic rings. The average Bonchev–Trinajstić information content (AvgIpc) is 3.11. The summed E-state index contributed by atoms with van der Waals surface area (Å²) in [7, 11) is 0. The Bertz CT molecular complexity index is 763. The highest BCUT2D eigenvalue weighted by atomic mass is 35.5. The molecule has 0 spiro atoms. The summed E-state index contributed by atoms with van der Waals surface area (Å²) in [6.07, 6.45) is 5.56. The minimum Gasteiger partial charge on any atom is -0.348 e. The lowest BCUT2D eigenvalue weighted by atomic mass is 9.98. The summed E-state index contributed by atoms with van der Waals surface area (Å²) in [6, 6.07) is 9.53. The van der Waals surface area contributed by atoms with Crippen LogP contribution in [-0.4, -0.2) is 28.5 Å². The van der Waals surface area contributed by atoms with E-state index in [1.165, 1.54) is 0 Å². The van der Waals surface area contributed by atoms with E-state index in [0.29, 0.717) is 12.1 Å². The molecule has 2 atom stereocenters. The zero-order chi connectivity index (χ0) is 17.6. The summed E-state index contributed by atoms with van der Waals surface area (Å²) >= 11 is 0. The molecule has 27 heavy (non-hydrogen) atoms. The molecule has 8 heteroatoms. The third kappa shape index (κ3) is 5.96. The molecule has 0 bridgehead atoms. The van der Waals surface area contributed by atoms with Crippen molar-refractivity contribution in [3.8, 4) is 6.07 Å². The molecule has 1 saturated heterocycles. The Labute approximate surface area is 172 Å². The number of nitrogens with zero attached hydrogens (tertiary/aromatic N) is 3. The molecule has 1 aliphatic heterocycles. The predicted molar refractivity (Wildman–Crippen MR) is 109 cm³/mol. The van der Waals surface area contributed by atoms with Crippen LogP contribution in [0.15, 0.2) is 36.8 Å². The van der Waals surface area contributed by atoms with Crippen LogP contribution in [0.3, 0.4) is 0 Å². The van der Waals surface area contributed by atoms with Crippen LogP contribution in [0.25, 0.3) is 0 Å². The van der Waals surface area contributed by atoms with Crippen molar-refractivity contribution < 1.29 is 4.79 Å². The lowest BCUT2D eigenvalue weighted by Crippen LogP contribution is -2.41. The molecular formula is C19H25Cl2N5O. The van der Waals surface area contributed by atoms with Crippen LogP contribution in [0.1, 0.15) is 42.6 Å². The number of amides is 1. The largest absolute Gasteiger partial charge is 0.348 e. The number of piperidine rings is 1. The molecule has 1 aromatic heterocycles. The van der Waals surface area contributed by atoms with Crippen LogP contribution < -0.4 is 10.6 Å². The molecule has 0 aliphatic carbocycles. The molecule has 2 heterocycles. The molecule has 1 aliphatic rings. The summed E-state index contributed by atoms with van der Waals surface area (Å²) in [5, 5.41) is 15.3. The van der Waals surface area contributed by atoms with Crippen LogP contribution in [0.2, 0.25) is 0 Å². The number of nitriles is 1. The van der Waals surface area contributed by atoms with Gasteiger partial charge in [0, 0.05) is 13.1 Å². The van der Waals surface area contributed by atoms with Gasteiger partial charge in [0.05, 0.1) is 41.8 Å². The lowest BCUT2D eigenvalue weighted by molar-refractivity contribution is -0.126. The molecule has 146 valence electrons. The van der Waals surface area contributed by atoms with Crippen LogP contribution in [0.4, 0.5) is 0 Å². The first-order chi connectivity index (χ1) is 12.2. The van der Waals surface area contributed by atoms with Gasteiger partial charge in [-0.15, -0.1) is 24.8 Å². The Kier molecular flexibility index (Phi) is 9.30. The summed E-state index contributed by atoms with van der Waals surface area (Å²) in [6.45, 7) is 4.40. The number of nitrogens with one attached hydrogen (secondary N) is 2. The van der Waals surface area contributed by atoms with Gasteiger partial charge in [0.1, 0.15) is 0 Å². The van der Waals surface area contributed by atoms with E-state index < -0.39 is 0 Å².